The van der Waals surface area contributed by atoms with Crippen molar-refractivity contribution in [2.24, 2.45) is 0 Å². The van der Waals surface area contributed by atoms with Gasteiger partial charge in [0.05, 0.1) is 0 Å². The first-order valence-corrected chi connectivity index (χ1v) is 7.05. The van der Waals surface area contributed by atoms with Gasteiger partial charge in [-0.2, -0.15) is 0 Å². The van der Waals surface area contributed by atoms with Gasteiger partial charge in [-0.05, 0) is 22.4 Å². The highest BCUT2D eigenvalue weighted by Crippen LogP contribution is 2.38. The van der Waals surface area contributed by atoms with Crippen LogP contribution in [0.4, 0.5) is 0 Å². The van der Waals surface area contributed by atoms with E-state index in [1.54, 1.807) is 7.11 Å². The molecule has 0 amide bonds. The van der Waals surface area contributed by atoms with Crippen LogP contribution in [0.15, 0.2) is 42.5 Å². The number of aliphatic hydroxyl groups excluding tert-OH is 1. The number of rotatable bonds is 3. The molecule has 3 heteroatoms. The minimum Gasteiger partial charge on any atom is -0.385 e. The van der Waals surface area contributed by atoms with Gasteiger partial charge in [0, 0.05) is 33.2 Å². The highest BCUT2D eigenvalue weighted by atomic mass is 16.5. The molecule has 3 rings (SSSR count). The second-order valence-electron chi connectivity index (χ2n) is 5.39. The normalized spacial score (nSPS) is 19.9. The second-order valence-corrected chi connectivity index (χ2v) is 5.39. The summed E-state index contributed by atoms with van der Waals surface area (Å²) in [7, 11) is 1.68. The van der Waals surface area contributed by atoms with E-state index in [-0.39, 0.29) is 0 Å². The third kappa shape index (κ3) is 2.33. The first kappa shape index (κ1) is 13.6. The molecule has 0 saturated carbocycles. The third-order valence-corrected chi connectivity index (χ3v) is 4.33. The Bertz CT molecular complexity index is 588. The average molecular weight is 272 g/mol. The molecule has 1 unspecified atom stereocenters. The smallest absolute Gasteiger partial charge is 0.108 e. The van der Waals surface area contributed by atoms with Crippen LogP contribution in [0.3, 0.4) is 0 Å². The van der Waals surface area contributed by atoms with Gasteiger partial charge in [-0.1, -0.05) is 36.4 Å². The monoisotopic (exact) mass is 272 g/mol. The summed E-state index contributed by atoms with van der Waals surface area (Å²) in [5, 5.41) is 13.1. The zero-order valence-corrected chi connectivity index (χ0v) is 11.7. The summed E-state index contributed by atoms with van der Waals surface area (Å²) in [6.07, 6.45) is 0.815. The van der Waals surface area contributed by atoms with E-state index in [4.69, 9.17) is 9.47 Å². The lowest BCUT2D eigenvalue weighted by Gasteiger charge is -2.39. The minimum atomic E-state index is -0.624. The fraction of sp³-hybridized carbons (Fsp3) is 0.412. The van der Waals surface area contributed by atoms with Crippen molar-refractivity contribution in [3.05, 3.63) is 48.0 Å². The lowest BCUT2D eigenvalue weighted by Crippen LogP contribution is -2.43. The summed E-state index contributed by atoms with van der Waals surface area (Å²) >= 11 is 0. The number of hydrogen-bond donors (Lipinski definition) is 1. The largest absolute Gasteiger partial charge is 0.385 e. The molecule has 3 nitrogen and oxygen atoms in total. The SMILES string of the molecule is COC1(C(O)c2ccc3ccccc3c2)CCOCC1. The summed E-state index contributed by atoms with van der Waals surface area (Å²) in [6.45, 7) is 1.27. The molecule has 1 saturated heterocycles. The zero-order valence-electron chi connectivity index (χ0n) is 11.7. The Morgan fingerprint density at radius 1 is 1.10 bits per heavy atom. The van der Waals surface area contributed by atoms with Crippen LogP contribution in [0.25, 0.3) is 10.8 Å². The van der Waals surface area contributed by atoms with E-state index in [9.17, 15) is 5.11 Å². The molecule has 1 fully saturated rings. The molecule has 106 valence electrons. The van der Waals surface area contributed by atoms with E-state index >= 15 is 0 Å². The van der Waals surface area contributed by atoms with Crippen molar-refractivity contribution in [1.29, 1.82) is 0 Å². The minimum absolute atomic E-state index is 0.527. The molecule has 2 aromatic carbocycles. The van der Waals surface area contributed by atoms with Gasteiger partial charge in [0.2, 0.25) is 0 Å². The number of methoxy groups -OCH3 is 1. The van der Waals surface area contributed by atoms with Crippen LogP contribution in [0, 0.1) is 0 Å². The highest BCUT2D eigenvalue weighted by Gasteiger charge is 2.40. The molecule has 0 bridgehead atoms. The molecule has 1 aliphatic rings. The number of benzene rings is 2. The van der Waals surface area contributed by atoms with E-state index < -0.39 is 11.7 Å². The molecule has 0 aliphatic carbocycles. The van der Waals surface area contributed by atoms with Crippen molar-refractivity contribution < 1.29 is 14.6 Å². The van der Waals surface area contributed by atoms with E-state index in [0.29, 0.717) is 13.2 Å². The van der Waals surface area contributed by atoms with Crippen LogP contribution in [0.1, 0.15) is 24.5 Å². The molecule has 0 radical (unpaired) electrons. The molecule has 20 heavy (non-hydrogen) atoms. The Kier molecular flexibility index (Phi) is 3.74. The molecule has 1 atom stereocenters. The fourth-order valence-electron chi connectivity index (χ4n) is 2.99. The van der Waals surface area contributed by atoms with Crippen molar-refractivity contribution in [3.63, 3.8) is 0 Å². The zero-order chi connectivity index (χ0) is 14.0. The Morgan fingerprint density at radius 3 is 2.50 bits per heavy atom. The first-order chi connectivity index (χ1) is 9.75. The second kappa shape index (κ2) is 5.52. The van der Waals surface area contributed by atoms with Gasteiger partial charge in [-0.25, -0.2) is 0 Å². The quantitative estimate of drug-likeness (QED) is 0.933. The first-order valence-electron chi connectivity index (χ1n) is 7.05. The summed E-state index contributed by atoms with van der Waals surface area (Å²) in [6, 6.07) is 14.3. The maximum absolute atomic E-state index is 10.8. The van der Waals surface area contributed by atoms with E-state index in [1.807, 2.05) is 18.2 Å². The van der Waals surface area contributed by atoms with Crippen molar-refractivity contribution in [2.75, 3.05) is 20.3 Å². The molecule has 0 aromatic heterocycles. The van der Waals surface area contributed by atoms with Crippen molar-refractivity contribution in [2.45, 2.75) is 24.5 Å². The van der Waals surface area contributed by atoms with Crippen LogP contribution < -0.4 is 0 Å². The van der Waals surface area contributed by atoms with Crippen LogP contribution in [0.2, 0.25) is 0 Å². The molecule has 1 aliphatic heterocycles. The number of aliphatic hydroxyl groups is 1. The van der Waals surface area contributed by atoms with Gasteiger partial charge >= 0.3 is 0 Å². The van der Waals surface area contributed by atoms with Gasteiger partial charge in [-0.3, -0.25) is 0 Å². The lowest BCUT2D eigenvalue weighted by atomic mass is 9.83. The van der Waals surface area contributed by atoms with Crippen LogP contribution in [0.5, 0.6) is 0 Å². The predicted molar refractivity (Wildman–Crippen MR) is 78.7 cm³/mol. The summed E-state index contributed by atoms with van der Waals surface area (Å²) in [5.74, 6) is 0. The predicted octanol–water partition coefficient (Wildman–Crippen LogP) is 3.07. The molecule has 0 spiro atoms. The van der Waals surface area contributed by atoms with Gasteiger partial charge in [0.1, 0.15) is 11.7 Å². The van der Waals surface area contributed by atoms with E-state index in [1.165, 1.54) is 5.39 Å². The van der Waals surface area contributed by atoms with Crippen LogP contribution in [-0.4, -0.2) is 31.0 Å². The standard InChI is InChI=1S/C17H20O3/c1-19-17(8-10-20-11-9-17)16(18)15-7-6-13-4-2-3-5-14(13)12-15/h2-7,12,16,18H,8-11H2,1H3. The maximum atomic E-state index is 10.8. The van der Waals surface area contributed by atoms with Crippen molar-refractivity contribution in [3.8, 4) is 0 Å². The van der Waals surface area contributed by atoms with Crippen molar-refractivity contribution >= 4 is 10.8 Å². The fourth-order valence-corrected chi connectivity index (χ4v) is 2.99. The van der Waals surface area contributed by atoms with Gasteiger partial charge in [-0.15, -0.1) is 0 Å². The third-order valence-electron chi connectivity index (χ3n) is 4.33. The molecular formula is C17H20O3. The van der Waals surface area contributed by atoms with Gasteiger partial charge in [0.25, 0.3) is 0 Å². The summed E-state index contributed by atoms with van der Waals surface area (Å²) in [5.41, 5.74) is 0.383. The molecular weight excluding hydrogens is 252 g/mol. The molecule has 1 heterocycles. The van der Waals surface area contributed by atoms with E-state index in [0.717, 1.165) is 23.8 Å². The lowest BCUT2D eigenvalue weighted by molar-refractivity contribution is -0.154. The van der Waals surface area contributed by atoms with Crippen molar-refractivity contribution in [1.82, 2.24) is 0 Å². The van der Waals surface area contributed by atoms with Gasteiger partial charge < -0.3 is 14.6 Å². The average Bonchev–Trinajstić information content (AvgIpc) is 2.54. The van der Waals surface area contributed by atoms with Gasteiger partial charge in [0.15, 0.2) is 0 Å². The topological polar surface area (TPSA) is 38.7 Å². The number of hydrogen-bond acceptors (Lipinski definition) is 3. The maximum Gasteiger partial charge on any atom is 0.108 e. The van der Waals surface area contributed by atoms with E-state index in [2.05, 4.69) is 24.3 Å². The summed E-state index contributed by atoms with van der Waals surface area (Å²) in [4.78, 5) is 0. The highest BCUT2D eigenvalue weighted by molar-refractivity contribution is 5.83. The number of fused-ring (bicyclic) bond motifs is 1. The number of ether oxygens (including phenoxy) is 2. The Hall–Kier alpha value is -1.42. The summed E-state index contributed by atoms with van der Waals surface area (Å²) < 4.78 is 11.1. The molecule has 1 N–H and O–H groups in total. The Labute approximate surface area is 119 Å². The van der Waals surface area contributed by atoms with Crippen LogP contribution in [-0.2, 0) is 9.47 Å². The van der Waals surface area contributed by atoms with Crippen LogP contribution >= 0.6 is 0 Å². The molecule has 2 aromatic rings. The Morgan fingerprint density at radius 2 is 1.80 bits per heavy atom. The Balaban J connectivity index is 1.96.